The molecule has 0 spiro atoms. The number of barbiturate groups is 2. The van der Waals surface area contributed by atoms with Crippen LogP contribution in [0.5, 0.6) is 0 Å². The molecule has 2 fully saturated rings. The highest BCUT2D eigenvalue weighted by Crippen LogP contribution is 2.38. The number of nitrogens with one attached hydrogen (secondary N) is 2. The van der Waals surface area contributed by atoms with Gasteiger partial charge in [-0.3, -0.25) is 34.8 Å². The first-order valence-electron chi connectivity index (χ1n) is 11.3. The van der Waals surface area contributed by atoms with Crippen molar-refractivity contribution in [3.8, 4) is 0 Å². The van der Waals surface area contributed by atoms with E-state index in [-0.39, 0.29) is 17.1 Å². The fourth-order valence-corrected chi connectivity index (χ4v) is 4.56. The lowest BCUT2D eigenvalue weighted by molar-refractivity contribution is -0.140. The topological polar surface area (TPSA) is 146 Å². The second-order valence-electron chi connectivity index (χ2n) is 8.34. The largest absolute Gasteiger partial charge is 0.335 e. The van der Waals surface area contributed by atoms with Crippen LogP contribution in [-0.4, -0.2) is 40.7 Å². The molecule has 37 heavy (non-hydrogen) atoms. The van der Waals surface area contributed by atoms with Gasteiger partial charge < -0.3 is 0 Å². The van der Waals surface area contributed by atoms with Crippen LogP contribution >= 0.6 is 0 Å². The van der Waals surface area contributed by atoms with Crippen LogP contribution < -0.4 is 20.4 Å². The molecule has 11 nitrogen and oxygen atoms in total. The predicted molar refractivity (Wildman–Crippen MR) is 129 cm³/mol. The Morgan fingerprint density at radius 2 is 1.03 bits per heavy atom. The number of imide groups is 4. The maximum absolute atomic E-state index is 13.7. The molecule has 0 aliphatic carbocycles. The monoisotopic (exact) mass is 497 g/mol. The van der Waals surface area contributed by atoms with Gasteiger partial charge in [-0.1, -0.05) is 42.5 Å². The lowest BCUT2D eigenvalue weighted by Gasteiger charge is -2.39. The summed E-state index contributed by atoms with van der Waals surface area (Å²) in [7, 11) is 0. The first-order valence-corrected chi connectivity index (χ1v) is 11.3. The highest BCUT2D eigenvalue weighted by molar-refractivity contribution is 6.31. The standard InChI is InChI=1S/C26H19N5O6/c32-21-19(23(34)30(25(36)28-21)15-9-3-1-4-10-15)18(17-13-7-8-14-27-17)20-22(33)29-26(37)31(24(20)35)16-11-5-2-6-12-16/h1-14,18-20H,(H,28,32,36)(H,29,33,37). The van der Waals surface area contributed by atoms with Crippen LogP contribution in [0.1, 0.15) is 11.6 Å². The van der Waals surface area contributed by atoms with E-state index in [1.807, 2.05) is 0 Å². The SMILES string of the molecule is O=C1NC(=O)N(c2ccccc2)C(=O)C1C(c1ccccn1)C1C(=O)NC(=O)N(c2ccccc2)C1=O. The second kappa shape index (κ2) is 9.46. The second-order valence-corrected chi connectivity index (χ2v) is 8.34. The number of hydrogen-bond acceptors (Lipinski definition) is 7. The summed E-state index contributed by atoms with van der Waals surface area (Å²) in [4.78, 5) is 84.9. The summed E-state index contributed by atoms with van der Waals surface area (Å²) in [5, 5.41) is 4.31. The zero-order chi connectivity index (χ0) is 26.1. The van der Waals surface area contributed by atoms with Crippen LogP contribution in [0.4, 0.5) is 21.0 Å². The summed E-state index contributed by atoms with van der Waals surface area (Å²) in [5.41, 5.74) is 0.486. The third kappa shape index (κ3) is 4.12. The first-order chi connectivity index (χ1) is 17.9. The summed E-state index contributed by atoms with van der Waals surface area (Å²) >= 11 is 0. The summed E-state index contributed by atoms with van der Waals surface area (Å²) in [6.45, 7) is 0. The highest BCUT2D eigenvalue weighted by Gasteiger charge is 2.55. The quantitative estimate of drug-likeness (QED) is 0.513. The molecule has 0 bridgehead atoms. The van der Waals surface area contributed by atoms with Gasteiger partial charge in [0, 0.05) is 17.8 Å². The molecule has 2 aromatic carbocycles. The molecule has 11 heteroatoms. The molecule has 2 N–H and O–H groups in total. The zero-order valence-electron chi connectivity index (χ0n) is 19.1. The van der Waals surface area contributed by atoms with Crippen molar-refractivity contribution in [3.63, 3.8) is 0 Å². The number of para-hydroxylation sites is 2. The Kier molecular flexibility index (Phi) is 6.02. The van der Waals surface area contributed by atoms with Gasteiger partial charge in [-0.15, -0.1) is 0 Å². The molecule has 1 aromatic heterocycles. The number of hydrogen-bond donors (Lipinski definition) is 2. The number of amides is 8. The maximum atomic E-state index is 13.7. The van der Waals surface area contributed by atoms with Crippen LogP contribution in [-0.2, 0) is 19.2 Å². The summed E-state index contributed by atoms with van der Waals surface area (Å²) < 4.78 is 0. The zero-order valence-corrected chi connectivity index (χ0v) is 19.1. The molecule has 2 unspecified atom stereocenters. The van der Waals surface area contributed by atoms with E-state index in [0.29, 0.717) is 0 Å². The van der Waals surface area contributed by atoms with Crippen molar-refractivity contribution < 1.29 is 28.8 Å². The predicted octanol–water partition coefficient (Wildman–Crippen LogP) is 1.96. The number of urea groups is 2. The van der Waals surface area contributed by atoms with E-state index < -0.39 is 53.4 Å². The van der Waals surface area contributed by atoms with Gasteiger partial charge >= 0.3 is 12.1 Å². The molecule has 8 amide bonds. The van der Waals surface area contributed by atoms with E-state index in [1.54, 1.807) is 48.5 Å². The van der Waals surface area contributed by atoms with E-state index in [0.717, 1.165) is 9.80 Å². The van der Waals surface area contributed by atoms with Crippen molar-refractivity contribution in [2.75, 3.05) is 9.80 Å². The molecule has 184 valence electrons. The van der Waals surface area contributed by atoms with Crippen molar-refractivity contribution in [1.29, 1.82) is 0 Å². The van der Waals surface area contributed by atoms with Crippen LogP contribution in [0, 0.1) is 11.8 Å². The number of aromatic nitrogens is 1. The molecular weight excluding hydrogens is 478 g/mol. The van der Waals surface area contributed by atoms with Gasteiger partial charge in [-0.05, 0) is 36.4 Å². The lowest BCUT2D eigenvalue weighted by atomic mass is 9.75. The van der Waals surface area contributed by atoms with Gasteiger partial charge in [0.2, 0.25) is 23.6 Å². The number of nitrogens with zero attached hydrogens (tertiary/aromatic N) is 3. The first kappa shape index (κ1) is 23.5. The number of anilines is 2. The molecule has 2 aliphatic rings. The summed E-state index contributed by atoms with van der Waals surface area (Å²) in [6, 6.07) is 18.6. The number of pyridine rings is 1. The Morgan fingerprint density at radius 1 is 0.595 bits per heavy atom. The smallest absolute Gasteiger partial charge is 0.277 e. The Bertz CT molecular complexity index is 1320. The van der Waals surface area contributed by atoms with Gasteiger partial charge in [-0.2, -0.15) is 0 Å². The molecule has 0 radical (unpaired) electrons. The van der Waals surface area contributed by atoms with Crippen molar-refractivity contribution in [3.05, 3.63) is 90.8 Å². The summed E-state index contributed by atoms with van der Waals surface area (Å²) in [5.74, 6) is -8.63. The van der Waals surface area contributed by atoms with Crippen LogP contribution in [0.15, 0.2) is 85.1 Å². The van der Waals surface area contributed by atoms with Crippen LogP contribution in [0.2, 0.25) is 0 Å². The minimum absolute atomic E-state index is 0.0919. The van der Waals surface area contributed by atoms with Gasteiger partial charge in [0.25, 0.3) is 0 Å². The third-order valence-electron chi connectivity index (χ3n) is 6.18. The van der Waals surface area contributed by atoms with Crippen molar-refractivity contribution in [2.45, 2.75) is 5.92 Å². The lowest BCUT2D eigenvalue weighted by Crippen LogP contribution is -2.64. The van der Waals surface area contributed by atoms with Crippen molar-refractivity contribution in [2.24, 2.45) is 11.8 Å². The fraction of sp³-hybridized carbons (Fsp3) is 0.115. The minimum atomic E-state index is -1.68. The van der Waals surface area contributed by atoms with Gasteiger partial charge in [0.05, 0.1) is 11.4 Å². The van der Waals surface area contributed by atoms with E-state index in [9.17, 15) is 28.8 Å². The molecule has 2 atom stereocenters. The molecule has 3 heterocycles. The molecule has 0 saturated carbocycles. The van der Waals surface area contributed by atoms with E-state index in [4.69, 9.17) is 0 Å². The maximum Gasteiger partial charge on any atom is 0.335 e. The third-order valence-corrected chi connectivity index (χ3v) is 6.18. The van der Waals surface area contributed by atoms with Gasteiger partial charge in [0.1, 0.15) is 11.8 Å². The van der Waals surface area contributed by atoms with E-state index >= 15 is 0 Å². The molecular formula is C26H19N5O6. The fourth-order valence-electron chi connectivity index (χ4n) is 4.56. The van der Waals surface area contributed by atoms with E-state index in [1.165, 1.54) is 36.5 Å². The van der Waals surface area contributed by atoms with Crippen LogP contribution in [0.25, 0.3) is 0 Å². The average Bonchev–Trinajstić information content (AvgIpc) is 2.89. The highest BCUT2D eigenvalue weighted by atomic mass is 16.2. The molecule has 2 saturated heterocycles. The van der Waals surface area contributed by atoms with Crippen molar-refractivity contribution >= 4 is 47.1 Å². The Balaban J connectivity index is 1.63. The number of benzene rings is 2. The molecule has 2 aliphatic heterocycles. The van der Waals surface area contributed by atoms with Crippen LogP contribution in [0.3, 0.4) is 0 Å². The molecule has 3 aromatic rings. The Hall–Kier alpha value is -5.19. The number of rotatable bonds is 5. The minimum Gasteiger partial charge on any atom is -0.277 e. The normalized spacial score (nSPS) is 21.0. The number of carbonyl (C=O) groups excluding carboxylic acids is 6. The Morgan fingerprint density at radius 3 is 1.43 bits per heavy atom. The number of carbonyl (C=O) groups is 6. The summed E-state index contributed by atoms with van der Waals surface area (Å²) in [6.07, 6.45) is 1.39. The Labute approximate surface area is 210 Å². The van der Waals surface area contributed by atoms with Crippen molar-refractivity contribution in [1.82, 2.24) is 15.6 Å². The van der Waals surface area contributed by atoms with E-state index in [2.05, 4.69) is 15.6 Å². The average molecular weight is 497 g/mol. The van der Waals surface area contributed by atoms with Gasteiger partial charge in [-0.25, -0.2) is 19.4 Å². The van der Waals surface area contributed by atoms with Gasteiger partial charge in [0.15, 0.2) is 0 Å². The molecule has 5 rings (SSSR count).